The largest absolute Gasteiger partial charge is 0.444 e. The summed E-state index contributed by atoms with van der Waals surface area (Å²) in [4.78, 5) is 40.5. The quantitative estimate of drug-likeness (QED) is 0.535. The molecule has 7 heteroatoms. The number of hydrogen-bond acceptors (Lipinski definition) is 4. The smallest absolute Gasteiger partial charge is 0.408 e. The second kappa shape index (κ2) is 12.2. The van der Waals surface area contributed by atoms with E-state index in [1.807, 2.05) is 69.3 Å². The normalized spacial score (nSPS) is 11.9. The molecule has 7 nitrogen and oxygen atoms in total. The van der Waals surface area contributed by atoms with Crippen molar-refractivity contribution in [2.45, 2.75) is 66.0 Å². The number of unbranched alkanes of at least 4 members (excludes halogenated alkanes) is 1. The highest BCUT2D eigenvalue weighted by molar-refractivity contribution is 5.98. The number of nitrogens with one attached hydrogen (secondary N) is 2. The molecule has 34 heavy (non-hydrogen) atoms. The lowest BCUT2D eigenvalue weighted by molar-refractivity contribution is -0.138. The van der Waals surface area contributed by atoms with E-state index in [4.69, 9.17) is 4.74 Å². The highest BCUT2D eigenvalue weighted by Crippen LogP contribution is 2.25. The van der Waals surface area contributed by atoms with Gasteiger partial charge in [-0.15, -0.1) is 0 Å². The number of ether oxygens (including phenoxy) is 1. The van der Waals surface area contributed by atoms with E-state index >= 15 is 0 Å². The van der Waals surface area contributed by atoms with Gasteiger partial charge in [-0.1, -0.05) is 61.4 Å². The summed E-state index contributed by atoms with van der Waals surface area (Å²) in [6.45, 7) is 11.3. The Morgan fingerprint density at radius 1 is 1.00 bits per heavy atom. The first kappa shape index (κ1) is 26.9. The molecule has 0 aliphatic carbocycles. The van der Waals surface area contributed by atoms with Crippen LogP contribution >= 0.6 is 0 Å². The van der Waals surface area contributed by atoms with Crippen molar-refractivity contribution in [3.63, 3.8) is 0 Å². The van der Waals surface area contributed by atoms with Crippen LogP contribution in [-0.4, -0.2) is 41.5 Å². The number of hydrogen-bond donors (Lipinski definition) is 2. The Balaban J connectivity index is 2.34. The molecule has 1 atom stereocenters. The Hall–Kier alpha value is -3.35. The minimum atomic E-state index is -0.848. The second-order valence-corrected chi connectivity index (χ2v) is 9.41. The van der Waals surface area contributed by atoms with Crippen LogP contribution in [0.15, 0.2) is 48.5 Å². The molecule has 0 aromatic heterocycles. The molecular weight excluding hydrogens is 430 g/mol. The van der Waals surface area contributed by atoms with E-state index in [9.17, 15) is 14.4 Å². The Kier molecular flexibility index (Phi) is 9.66. The highest BCUT2D eigenvalue weighted by atomic mass is 16.6. The summed E-state index contributed by atoms with van der Waals surface area (Å²) in [5, 5.41) is 5.51. The van der Waals surface area contributed by atoms with E-state index in [0.29, 0.717) is 17.8 Å². The standard InChI is InChI=1S/C27H37N3O4/c1-7-8-17-30(23(31)18-28-26(33)34-27(4,5)6)24(21-15-13-19(2)14-16-21)25(32)29-22-12-10-9-11-20(22)3/h9-16,24H,7-8,17-18H2,1-6H3,(H,28,33)(H,29,32). The molecule has 0 saturated heterocycles. The summed E-state index contributed by atoms with van der Waals surface area (Å²) < 4.78 is 5.25. The van der Waals surface area contributed by atoms with E-state index in [1.165, 1.54) is 0 Å². The molecule has 2 aromatic rings. The zero-order valence-electron chi connectivity index (χ0n) is 21.1. The number of carbonyl (C=O) groups excluding carboxylic acids is 3. The molecule has 2 aromatic carbocycles. The SMILES string of the molecule is CCCCN(C(=O)CNC(=O)OC(C)(C)C)C(C(=O)Nc1ccccc1C)c1ccc(C)cc1. The van der Waals surface area contributed by atoms with Crippen molar-refractivity contribution in [3.05, 3.63) is 65.2 Å². The molecule has 184 valence electrons. The van der Waals surface area contributed by atoms with Gasteiger partial charge in [-0.3, -0.25) is 9.59 Å². The van der Waals surface area contributed by atoms with Crippen molar-refractivity contribution >= 4 is 23.6 Å². The van der Waals surface area contributed by atoms with Gasteiger partial charge in [0.15, 0.2) is 0 Å². The number of nitrogens with zero attached hydrogens (tertiary/aromatic N) is 1. The van der Waals surface area contributed by atoms with Crippen LogP contribution in [0.4, 0.5) is 10.5 Å². The maximum Gasteiger partial charge on any atom is 0.408 e. The number of aryl methyl sites for hydroxylation is 2. The fourth-order valence-electron chi connectivity index (χ4n) is 3.43. The number of rotatable bonds is 9. The van der Waals surface area contributed by atoms with Gasteiger partial charge in [-0.25, -0.2) is 4.79 Å². The van der Waals surface area contributed by atoms with E-state index in [-0.39, 0.29) is 18.4 Å². The third-order valence-electron chi connectivity index (χ3n) is 5.21. The van der Waals surface area contributed by atoms with Crippen LogP contribution in [-0.2, 0) is 14.3 Å². The summed E-state index contributed by atoms with van der Waals surface area (Å²) >= 11 is 0. The molecule has 0 radical (unpaired) electrons. The van der Waals surface area contributed by atoms with Crippen LogP contribution in [0.2, 0.25) is 0 Å². The molecule has 3 amide bonds. The van der Waals surface area contributed by atoms with Gasteiger partial charge in [-0.05, 0) is 58.2 Å². The van der Waals surface area contributed by atoms with Gasteiger partial charge in [0.25, 0.3) is 5.91 Å². The number of carbonyl (C=O) groups is 3. The summed E-state index contributed by atoms with van der Waals surface area (Å²) in [6, 6.07) is 14.2. The number of anilines is 1. The summed E-state index contributed by atoms with van der Waals surface area (Å²) in [5.74, 6) is -0.662. The van der Waals surface area contributed by atoms with Gasteiger partial charge in [-0.2, -0.15) is 0 Å². The predicted molar refractivity (Wildman–Crippen MR) is 135 cm³/mol. The lowest BCUT2D eigenvalue weighted by Crippen LogP contribution is -2.47. The van der Waals surface area contributed by atoms with Crippen molar-refractivity contribution in [2.24, 2.45) is 0 Å². The lowest BCUT2D eigenvalue weighted by atomic mass is 10.0. The lowest BCUT2D eigenvalue weighted by Gasteiger charge is -2.32. The highest BCUT2D eigenvalue weighted by Gasteiger charge is 2.31. The molecule has 0 fully saturated rings. The Bertz CT molecular complexity index is 980. The maximum atomic E-state index is 13.6. The minimum absolute atomic E-state index is 0.265. The first-order valence-corrected chi connectivity index (χ1v) is 11.7. The summed E-state index contributed by atoms with van der Waals surface area (Å²) in [7, 11) is 0. The molecule has 1 unspecified atom stereocenters. The van der Waals surface area contributed by atoms with Crippen molar-refractivity contribution in [3.8, 4) is 0 Å². The second-order valence-electron chi connectivity index (χ2n) is 9.41. The first-order chi connectivity index (χ1) is 16.0. The zero-order valence-corrected chi connectivity index (χ0v) is 21.1. The molecular formula is C27H37N3O4. The monoisotopic (exact) mass is 467 g/mol. The van der Waals surface area contributed by atoms with E-state index in [1.54, 1.807) is 25.7 Å². The average Bonchev–Trinajstić information content (AvgIpc) is 2.76. The number of benzene rings is 2. The van der Waals surface area contributed by atoms with Gasteiger partial charge >= 0.3 is 6.09 Å². The van der Waals surface area contributed by atoms with E-state index in [2.05, 4.69) is 10.6 Å². The molecule has 0 aliphatic rings. The van der Waals surface area contributed by atoms with E-state index in [0.717, 1.165) is 24.0 Å². The van der Waals surface area contributed by atoms with Crippen molar-refractivity contribution in [1.82, 2.24) is 10.2 Å². The van der Waals surface area contributed by atoms with Crippen LogP contribution in [0.25, 0.3) is 0 Å². The van der Waals surface area contributed by atoms with Crippen LogP contribution in [0.5, 0.6) is 0 Å². The van der Waals surface area contributed by atoms with Crippen LogP contribution in [0.1, 0.15) is 63.3 Å². The maximum absolute atomic E-state index is 13.6. The molecule has 0 bridgehead atoms. The molecule has 2 rings (SSSR count). The van der Waals surface area contributed by atoms with Crippen molar-refractivity contribution in [2.75, 3.05) is 18.4 Å². The molecule has 0 spiro atoms. The fraction of sp³-hybridized carbons (Fsp3) is 0.444. The first-order valence-electron chi connectivity index (χ1n) is 11.7. The minimum Gasteiger partial charge on any atom is -0.444 e. The van der Waals surface area contributed by atoms with Crippen LogP contribution < -0.4 is 10.6 Å². The predicted octanol–water partition coefficient (Wildman–Crippen LogP) is 5.14. The Morgan fingerprint density at radius 3 is 2.24 bits per heavy atom. The van der Waals surface area contributed by atoms with Crippen LogP contribution in [0.3, 0.4) is 0 Å². The Labute approximate surface area is 202 Å². The topological polar surface area (TPSA) is 87.7 Å². The van der Waals surface area contributed by atoms with Gasteiger partial charge in [0, 0.05) is 12.2 Å². The average molecular weight is 468 g/mol. The van der Waals surface area contributed by atoms with Gasteiger partial charge < -0.3 is 20.3 Å². The van der Waals surface area contributed by atoms with Gasteiger partial charge in [0.1, 0.15) is 18.2 Å². The number of para-hydroxylation sites is 1. The summed E-state index contributed by atoms with van der Waals surface area (Å²) in [5.41, 5.74) is 2.71. The molecule has 0 aliphatic heterocycles. The Morgan fingerprint density at radius 2 is 1.65 bits per heavy atom. The zero-order chi connectivity index (χ0) is 25.3. The molecule has 2 N–H and O–H groups in total. The van der Waals surface area contributed by atoms with Gasteiger partial charge in [0.05, 0.1) is 0 Å². The van der Waals surface area contributed by atoms with Crippen LogP contribution in [0, 0.1) is 13.8 Å². The fourth-order valence-corrected chi connectivity index (χ4v) is 3.43. The third-order valence-corrected chi connectivity index (χ3v) is 5.21. The van der Waals surface area contributed by atoms with Gasteiger partial charge in [0.2, 0.25) is 5.91 Å². The molecule has 0 saturated carbocycles. The third kappa shape index (κ3) is 8.21. The number of amides is 3. The number of alkyl carbamates (subject to hydrolysis) is 1. The summed E-state index contributed by atoms with van der Waals surface area (Å²) in [6.07, 6.45) is 0.897. The molecule has 0 heterocycles. The van der Waals surface area contributed by atoms with Crippen molar-refractivity contribution < 1.29 is 19.1 Å². The van der Waals surface area contributed by atoms with Crippen molar-refractivity contribution in [1.29, 1.82) is 0 Å². The van der Waals surface area contributed by atoms with E-state index < -0.39 is 17.7 Å².